The number of rotatable bonds is 6. The standard InChI is InChI=1S/C20H19ClN4O/c1-14-5-7-17(8-6-14)25-20(26)18-12-19(24-13-23-18)22-10-9-15-3-2-4-16(21)11-15/h2-8,11-13H,9-10H2,1H3,(H,25,26)(H,22,23,24). The molecule has 0 unspecified atom stereocenters. The summed E-state index contributed by atoms with van der Waals surface area (Å²) in [6.45, 7) is 2.67. The average Bonchev–Trinajstić information content (AvgIpc) is 2.64. The van der Waals surface area contributed by atoms with Gasteiger partial charge in [-0.25, -0.2) is 9.97 Å². The largest absolute Gasteiger partial charge is 0.370 e. The molecule has 0 spiro atoms. The number of aromatic nitrogens is 2. The highest BCUT2D eigenvalue weighted by molar-refractivity contribution is 6.30. The normalized spacial score (nSPS) is 10.4. The van der Waals surface area contributed by atoms with Crippen molar-refractivity contribution in [3.05, 3.63) is 82.8 Å². The van der Waals surface area contributed by atoms with Gasteiger partial charge in [-0.1, -0.05) is 41.4 Å². The fourth-order valence-electron chi connectivity index (χ4n) is 2.44. The van der Waals surface area contributed by atoms with Gasteiger partial charge in [0.1, 0.15) is 17.8 Å². The first-order chi connectivity index (χ1) is 12.6. The van der Waals surface area contributed by atoms with Gasteiger partial charge in [-0.3, -0.25) is 4.79 Å². The van der Waals surface area contributed by atoms with Crippen LogP contribution in [-0.2, 0) is 6.42 Å². The van der Waals surface area contributed by atoms with Crippen LogP contribution in [0.2, 0.25) is 5.02 Å². The van der Waals surface area contributed by atoms with Crippen molar-refractivity contribution in [1.29, 1.82) is 0 Å². The summed E-state index contributed by atoms with van der Waals surface area (Å²) < 4.78 is 0. The maximum Gasteiger partial charge on any atom is 0.274 e. The molecular weight excluding hydrogens is 348 g/mol. The molecule has 5 nitrogen and oxygen atoms in total. The van der Waals surface area contributed by atoms with Crippen molar-refractivity contribution < 1.29 is 4.79 Å². The van der Waals surface area contributed by atoms with Crippen molar-refractivity contribution >= 4 is 29.0 Å². The van der Waals surface area contributed by atoms with Crippen LogP contribution in [0.1, 0.15) is 21.6 Å². The molecular formula is C20H19ClN4O. The lowest BCUT2D eigenvalue weighted by Crippen LogP contribution is -2.15. The summed E-state index contributed by atoms with van der Waals surface area (Å²) in [5.41, 5.74) is 3.31. The van der Waals surface area contributed by atoms with Gasteiger partial charge in [-0.15, -0.1) is 0 Å². The van der Waals surface area contributed by atoms with Gasteiger partial charge in [0.25, 0.3) is 5.91 Å². The van der Waals surface area contributed by atoms with Gasteiger partial charge in [0, 0.05) is 23.3 Å². The van der Waals surface area contributed by atoms with Crippen LogP contribution in [0.5, 0.6) is 0 Å². The zero-order chi connectivity index (χ0) is 18.4. The summed E-state index contributed by atoms with van der Waals surface area (Å²) in [6, 6.07) is 17.0. The fourth-order valence-corrected chi connectivity index (χ4v) is 2.65. The monoisotopic (exact) mass is 366 g/mol. The third-order valence-corrected chi connectivity index (χ3v) is 4.05. The Bertz CT molecular complexity index is 896. The molecule has 0 aliphatic heterocycles. The van der Waals surface area contributed by atoms with Gasteiger partial charge in [0.15, 0.2) is 0 Å². The third-order valence-electron chi connectivity index (χ3n) is 3.82. The van der Waals surface area contributed by atoms with Gasteiger partial charge < -0.3 is 10.6 Å². The zero-order valence-corrected chi connectivity index (χ0v) is 15.1. The lowest BCUT2D eigenvalue weighted by Gasteiger charge is -2.08. The number of benzene rings is 2. The second-order valence-corrected chi connectivity index (χ2v) is 6.35. The van der Waals surface area contributed by atoms with Gasteiger partial charge in [0.2, 0.25) is 0 Å². The smallest absolute Gasteiger partial charge is 0.274 e. The van der Waals surface area contributed by atoms with Gasteiger partial charge >= 0.3 is 0 Å². The predicted octanol–water partition coefficient (Wildman–Crippen LogP) is 4.35. The first-order valence-electron chi connectivity index (χ1n) is 8.28. The van der Waals surface area contributed by atoms with Gasteiger partial charge in [0.05, 0.1) is 0 Å². The molecule has 26 heavy (non-hydrogen) atoms. The molecule has 0 saturated heterocycles. The number of halogens is 1. The molecule has 0 radical (unpaired) electrons. The first kappa shape index (κ1) is 17.9. The van der Waals surface area contributed by atoms with E-state index in [2.05, 4.69) is 20.6 Å². The van der Waals surface area contributed by atoms with Crippen LogP contribution in [0, 0.1) is 6.92 Å². The van der Waals surface area contributed by atoms with E-state index in [0.29, 0.717) is 18.1 Å². The highest BCUT2D eigenvalue weighted by atomic mass is 35.5. The number of amides is 1. The van der Waals surface area contributed by atoms with E-state index in [-0.39, 0.29) is 5.91 Å². The first-order valence-corrected chi connectivity index (χ1v) is 8.66. The number of nitrogens with zero attached hydrogens (tertiary/aromatic N) is 2. The number of aryl methyl sites for hydroxylation is 1. The number of carbonyl (C=O) groups is 1. The van der Waals surface area contributed by atoms with E-state index in [9.17, 15) is 4.79 Å². The summed E-state index contributed by atoms with van der Waals surface area (Å²) in [5.74, 6) is 0.338. The van der Waals surface area contributed by atoms with Crippen molar-refractivity contribution in [1.82, 2.24) is 9.97 Å². The molecule has 2 aromatic carbocycles. The van der Waals surface area contributed by atoms with Crippen LogP contribution < -0.4 is 10.6 Å². The van der Waals surface area contributed by atoms with E-state index in [1.165, 1.54) is 6.33 Å². The average molecular weight is 367 g/mol. The Labute approximate surface area is 157 Å². The molecule has 3 rings (SSSR count). The van der Waals surface area contributed by atoms with Crippen LogP contribution in [0.4, 0.5) is 11.5 Å². The molecule has 1 amide bonds. The number of nitrogens with one attached hydrogen (secondary N) is 2. The highest BCUT2D eigenvalue weighted by Crippen LogP contribution is 2.13. The van der Waals surface area contributed by atoms with Crippen LogP contribution in [0.3, 0.4) is 0 Å². The summed E-state index contributed by atoms with van der Waals surface area (Å²) in [6.07, 6.45) is 2.18. The Morgan fingerprint density at radius 3 is 2.65 bits per heavy atom. The quantitative estimate of drug-likeness (QED) is 0.680. The molecule has 0 aliphatic rings. The number of hydrogen-bond donors (Lipinski definition) is 2. The van der Waals surface area contributed by atoms with Crippen molar-refractivity contribution in [2.75, 3.05) is 17.2 Å². The third kappa shape index (κ3) is 5.04. The minimum Gasteiger partial charge on any atom is -0.370 e. The van der Waals surface area contributed by atoms with Crippen LogP contribution in [-0.4, -0.2) is 22.4 Å². The molecule has 0 fully saturated rings. The van der Waals surface area contributed by atoms with Crippen molar-refractivity contribution in [3.63, 3.8) is 0 Å². The molecule has 0 saturated carbocycles. The summed E-state index contributed by atoms with van der Waals surface area (Å²) in [7, 11) is 0. The molecule has 6 heteroatoms. The molecule has 0 bridgehead atoms. The molecule has 1 heterocycles. The molecule has 132 valence electrons. The maximum atomic E-state index is 12.3. The second-order valence-electron chi connectivity index (χ2n) is 5.92. The SMILES string of the molecule is Cc1ccc(NC(=O)c2cc(NCCc3cccc(Cl)c3)ncn2)cc1. The molecule has 0 aliphatic carbocycles. The lowest BCUT2D eigenvalue weighted by molar-refractivity contribution is 0.102. The van der Waals surface area contributed by atoms with E-state index >= 15 is 0 Å². The molecule has 1 aromatic heterocycles. The topological polar surface area (TPSA) is 66.9 Å². The Morgan fingerprint density at radius 1 is 1.08 bits per heavy atom. The number of carbonyl (C=O) groups excluding carboxylic acids is 1. The maximum absolute atomic E-state index is 12.3. The van der Waals surface area contributed by atoms with E-state index < -0.39 is 0 Å². The van der Waals surface area contributed by atoms with E-state index in [1.54, 1.807) is 6.07 Å². The molecule has 0 atom stereocenters. The van der Waals surface area contributed by atoms with Gasteiger partial charge in [-0.05, 0) is 43.2 Å². The summed E-state index contributed by atoms with van der Waals surface area (Å²) >= 11 is 5.99. The highest BCUT2D eigenvalue weighted by Gasteiger charge is 2.09. The minimum atomic E-state index is -0.269. The van der Waals surface area contributed by atoms with Crippen molar-refractivity contribution in [3.8, 4) is 0 Å². The van der Waals surface area contributed by atoms with Crippen LogP contribution >= 0.6 is 11.6 Å². The van der Waals surface area contributed by atoms with E-state index in [1.807, 2.05) is 55.5 Å². The summed E-state index contributed by atoms with van der Waals surface area (Å²) in [5, 5.41) is 6.76. The van der Waals surface area contributed by atoms with Gasteiger partial charge in [-0.2, -0.15) is 0 Å². The predicted molar refractivity (Wildman–Crippen MR) is 105 cm³/mol. The van der Waals surface area contributed by atoms with Crippen molar-refractivity contribution in [2.24, 2.45) is 0 Å². The Morgan fingerprint density at radius 2 is 1.88 bits per heavy atom. The van der Waals surface area contributed by atoms with E-state index in [0.717, 1.165) is 28.3 Å². The van der Waals surface area contributed by atoms with Crippen molar-refractivity contribution in [2.45, 2.75) is 13.3 Å². The Hall–Kier alpha value is -2.92. The second kappa shape index (κ2) is 8.45. The Balaban J connectivity index is 1.58. The number of hydrogen-bond acceptors (Lipinski definition) is 4. The fraction of sp³-hybridized carbons (Fsp3) is 0.150. The minimum absolute atomic E-state index is 0.269. The van der Waals surface area contributed by atoms with Crippen LogP contribution in [0.25, 0.3) is 0 Å². The van der Waals surface area contributed by atoms with Crippen LogP contribution in [0.15, 0.2) is 60.9 Å². The molecule has 3 aromatic rings. The number of anilines is 2. The lowest BCUT2D eigenvalue weighted by atomic mass is 10.1. The van der Waals surface area contributed by atoms with E-state index in [4.69, 9.17) is 11.6 Å². The molecule has 2 N–H and O–H groups in total. The zero-order valence-electron chi connectivity index (χ0n) is 14.4. The summed E-state index contributed by atoms with van der Waals surface area (Å²) in [4.78, 5) is 20.6. The Kier molecular flexibility index (Phi) is 5.81.